The summed E-state index contributed by atoms with van der Waals surface area (Å²) in [6.07, 6.45) is 2.88. The summed E-state index contributed by atoms with van der Waals surface area (Å²) in [6.45, 7) is 7.38. The fourth-order valence-corrected chi connectivity index (χ4v) is 7.11. The maximum Gasteiger partial charge on any atom is 0.312 e. The summed E-state index contributed by atoms with van der Waals surface area (Å²) in [6, 6.07) is 14.6. The third-order valence-corrected chi connectivity index (χ3v) is 8.88. The van der Waals surface area contributed by atoms with Crippen molar-refractivity contribution in [2.75, 3.05) is 24.7 Å². The van der Waals surface area contributed by atoms with Crippen LogP contribution in [0.25, 0.3) is 0 Å². The van der Waals surface area contributed by atoms with E-state index in [0.717, 1.165) is 5.56 Å². The minimum absolute atomic E-state index is 0.169. The fourth-order valence-electron chi connectivity index (χ4n) is 6.98. The molecule has 0 aromatic heterocycles. The van der Waals surface area contributed by atoms with E-state index in [0.29, 0.717) is 30.0 Å². The molecule has 8 nitrogen and oxygen atoms in total. The molecule has 3 heterocycles. The van der Waals surface area contributed by atoms with E-state index in [1.54, 1.807) is 42.2 Å². The van der Waals surface area contributed by atoms with Gasteiger partial charge in [-0.05, 0) is 62.9 Å². The molecule has 2 unspecified atom stereocenters. The normalized spacial score (nSPS) is 29.2. The van der Waals surface area contributed by atoms with E-state index in [1.807, 2.05) is 37.3 Å². The van der Waals surface area contributed by atoms with Gasteiger partial charge in [-0.2, -0.15) is 0 Å². The van der Waals surface area contributed by atoms with E-state index >= 15 is 0 Å². The van der Waals surface area contributed by atoms with Gasteiger partial charge in [0.05, 0.1) is 30.8 Å². The van der Waals surface area contributed by atoms with Crippen LogP contribution in [0.4, 0.5) is 5.69 Å². The van der Waals surface area contributed by atoms with Gasteiger partial charge in [0.1, 0.15) is 17.6 Å². The Bertz CT molecular complexity index is 1290. The van der Waals surface area contributed by atoms with Crippen LogP contribution in [0.3, 0.4) is 0 Å². The first kappa shape index (κ1) is 28.3. The number of esters is 1. The second-order valence-electron chi connectivity index (χ2n) is 11.0. The van der Waals surface area contributed by atoms with Crippen LogP contribution in [0.15, 0.2) is 67.3 Å². The third kappa shape index (κ3) is 4.52. The molecule has 1 spiro atoms. The molecule has 0 saturated carbocycles. The van der Waals surface area contributed by atoms with Crippen molar-refractivity contribution >= 4 is 35.1 Å². The molecule has 9 heteroatoms. The number of hydrogen-bond donors (Lipinski definition) is 1. The van der Waals surface area contributed by atoms with E-state index in [4.69, 9.17) is 21.1 Å². The second kappa shape index (κ2) is 11.0. The molecule has 3 aliphatic heterocycles. The predicted molar refractivity (Wildman–Crippen MR) is 151 cm³/mol. The first-order chi connectivity index (χ1) is 19.2. The molecular formula is C31H35ClN2O6. The van der Waals surface area contributed by atoms with Crippen LogP contribution in [0.2, 0.25) is 5.02 Å². The van der Waals surface area contributed by atoms with E-state index < -0.39 is 41.1 Å². The quantitative estimate of drug-likeness (QED) is 0.347. The Hall–Kier alpha value is -3.20. The molecule has 6 atom stereocenters. The van der Waals surface area contributed by atoms with Gasteiger partial charge in [0.2, 0.25) is 5.91 Å². The SMILES string of the molecule is C=CCN(C(=O)C1N([C@@H](CO)Cc2ccccc2)C(=O)[C@@H]2[C@H](C(=O)OCC)[C@]3(C)CCC12O3)c1ccc(Cl)cc1. The zero-order valence-corrected chi connectivity index (χ0v) is 23.5. The minimum atomic E-state index is -1.24. The van der Waals surface area contributed by atoms with Crippen LogP contribution in [0.5, 0.6) is 0 Å². The number of hydrogen-bond acceptors (Lipinski definition) is 6. The molecule has 2 amide bonds. The summed E-state index contributed by atoms with van der Waals surface area (Å²) in [4.78, 5) is 45.4. The average molecular weight is 567 g/mol. The van der Waals surface area contributed by atoms with E-state index in [2.05, 4.69) is 6.58 Å². The van der Waals surface area contributed by atoms with Crippen molar-refractivity contribution < 1.29 is 29.0 Å². The Morgan fingerprint density at radius 3 is 2.55 bits per heavy atom. The van der Waals surface area contributed by atoms with Gasteiger partial charge in [0, 0.05) is 17.3 Å². The zero-order valence-electron chi connectivity index (χ0n) is 22.8. The van der Waals surface area contributed by atoms with Crippen molar-refractivity contribution in [2.45, 2.75) is 56.4 Å². The Morgan fingerprint density at radius 2 is 1.93 bits per heavy atom. The number of benzene rings is 2. The topological polar surface area (TPSA) is 96.4 Å². The van der Waals surface area contributed by atoms with Crippen molar-refractivity contribution in [2.24, 2.45) is 11.8 Å². The summed E-state index contributed by atoms with van der Waals surface area (Å²) < 4.78 is 12.1. The molecule has 2 aromatic rings. The number of carbonyl (C=O) groups is 3. The van der Waals surface area contributed by atoms with Crippen LogP contribution in [0.1, 0.15) is 32.3 Å². The van der Waals surface area contributed by atoms with Crippen molar-refractivity contribution in [1.82, 2.24) is 4.90 Å². The van der Waals surface area contributed by atoms with E-state index in [1.165, 1.54) is 4.90 Å². The molecule has 3 fully saturated rings. The zero-order chi connectivity index (χ0) is 28.7. The van der Waals surface area contributed by atoms with Crippen molar-refractivity contribution in [3.63, 3.8) is 0 Å². The lowest BCUT2D eigenvalue weighted by Crippen LogP contribution is -2.59. The van der Waals surface area contributed by atoms with Crippen LogP contribution in [-0.4, -0.2) is 70.8 Å². The van der Waals surface area contributed by atoms with Crippen LogP contribution in [0, 0.1) is 11.8 Å². The largest absolute Gasteiger partial charge is 0.466 e. The number of fused-ring (bicyclic) bond motifs is 1. The van der Waals surface area contributed by atoms with Gasteiger partial charge in [0.15, 0.2) is 0 Å². The van der Waals surface area contributed by atoms with Gasteiger partial charge in [-0.1, -0.05) is 48.0 Å². The van der Waals surface area contributed by atoms with Crippen molar-refractivity contribution in [3.8, 4) is 0 Å². The second-order valence-corrected chi connectivity index (χ2v) is 11.4. The minimum Gasteiger partial charge on any atom is -0.466 e. The number of nitrogens with zero attached hydrogens (tertiary/aromatic N) is 2. The summed E-state index contributed by atoms with van der Waals surface area (Å²) in [5, 5.41) is 11.1. The summed E-state index contributed by atoms with van der Waals surface area (Å²) >= 11 is 6.12. The van der Waals surface area contributed by atoms with Crippen LogP contribution >= 0.6 is 11.6 Å². The Kier molecular flexibility index (Phi) is 7.79. The molecule has 3 saturated heterocycles. The molecule has 1 N–H and O–H groups in total. The van der Waals surface area contributed by atoms with Crippen LogP contribution in [-0.2, 0) is 30.3 Å². The number of likely N-dealkylation sites (tertiary alicyclic amines) is 1. The number of rotatable bonds is 10. The average Bonchev–Trinajstić information content (AvgIpc) is 3.52. The maximum atomic E-state index is 14.7. The van der Waals surface area contributed by atoms with Gasteiger partial charge in [-0.3, -0.25) is 14.4 Å². The van der Waals surface area contributed by atoms with Gasteiger partial charge >= 0.3 is 5.97 Å². The molecule has 2 aromatic carbocycles. The molecule has 5 rings (SSSR count). The van der Waals surface area contributed by atoms with Crippen LogP contribution < -0.4 is 4.90 Å². The number of ether oxygens (including phenoxy) is 2. The number of amides is 2. The molecule has 0 aliphatic carbocycles. The molecule has 3 aliphatic rings. The first-order valence-electron chi connectivity index (χ1n) is 13.7. The standard InChI is InChI=1S/C31H35ClN2O6/c1-4-17-33(22-13-11-21(32)12-14-22)28(37)26-31-16-15-30(3,40-31)25(29(38)39-5-2)24(31)27(36)34(26)23(19-35)18-20-9-7-6-8-10-20/h4,6-14,23-26,35H,1,5,15-19H2,2-3H3/t23-,24+,25-,26?,30+,31?/m1/s1. The molecule has 40 heavy (non-hydrogen) atoms. The van der Waals surface area contributed by atoms with E-state index in [-0.39, 0.29) is 31.6 Å². The molecule has 0 radical (unpaired) electrons. The van der Waals surface area contributed by atoms with Gasteiger partial charge in [0.25, 0.3) is 5.91 Å². The van der Waals surface area contributed by atoms with Gasteiger partial charge in [-0.15, -0.1) is 6.58 Å². The molecule has 2 bridgehead atoms. The lowest BCUT2D eigenvalue weighted by Gasteiger charge is -2.39. The number of anilines is 1. The number of aliphatic hydroxyl groups is 1. The fraction of sp³-hybridized carbons (Fsp3) is 0.452. The molecule has 212 valence electrons. The lowest BCUT2D eigenvalue weighted by atomic mass is 9.66. The molecular weight excluding hydrogens is 532 g/mol. The summed E-state index contributed by atoms with van der Waals surface area (Å²) in [5.74, 6) is -2.99. The highest BCUT2D eigenvalue weighted by atomic mass is 35.5. The Morgan fingerprint density at radius 1 is 1.23 bits per heavy atom. The first-order valence-corrected chi connectivity index (χ1v) is 14.1. The van der Waals surface area contributed by atoms with Gasteiger partial charge in [-0.25, -0.2) is 0 Å². The smallest absolute Gasteiger partial charge is 0.312 e. The van der Waals surface area contributed by atoms with Crippen molar-refractivity contribution in [3.05, 3.63) is 77.8 Å². The number of carbonyl (C=O) groups excluding carboxylic acids is 3. The van der Waals surface area contributed by atoms with Gasteiger partial charge < -0.3 is 24.4 Å². The highest BCUT2D eigenvalue weighted by Gasteiger charge is 2.79. The van der Waals surface area contributed by atoms with Crippen molar-refractivity contribution in [1.29, 1.82) is 0 Å². The number of halogens is 1. The van der Waals surface area contributed by atoms with E-state index in [9.17, 15) is 19.5 Å². The highest BCUT2D eigenvalue weighted by Crippen LogP contribution is 2.63. The Balaban J connectivity index is 1.63. The Labute approximate surface area is 239 Å². The maximum absolute atomic E-state index is 14.7. The highest BCUT2D eigenvalue weighted by molar-refractivity contribution is 6.30. The summed E-state index contributed by atoms with van der Waals surface area (Å²) in [5.41, 5.74) is -0.675. The summed E-state index contributed by atoms with van der Waals surface area (Å²) in [7, 11) is 0. The monoisotopic (exact) mass is 566 g/mol. The predicted octanol–water partition coefficient (Wildman–Crippen LogP) is 3.79. The number of aliphatic hydroxyl groups excluding tert-OH is 1. The third-order valence-electron chi connectivity index (χ3n) is 8.62. The lowest BCUT2D eigenvalue weighted by molar-refractivity contribution is -0.160.